The first kappa shape index (κ1) is 15.6. The molecule has 21 heavy (non-hydrogen) atoms. The molecule has 2 nitrogen and oxygen atoms in total. The van der Waals surface area contributed by atoms with Crippen LogP contribution in [0.4, 0.5) is 5.69 Å². The molecule has 2 rings (SSSR count). The summed E-state index contributed by atoms with van der Waals surface area (Å²) in [6.45, 7) is 6.02. The molecule has 3 heteroatoms. The number of anilines is 1. The predicted molar refractivity (Wildman–Crippen MR) is 91.7 cm³/mol. The molecule has 2 aromatic carbocycles. The van der Waals surface area contributed by atoms with Crippen molar-refractivity contribution in [1.29, 1.82) is 0 Å². The highest BCUT2D eigenvalue weighted by atomic mass is 32.2. The Hall–Kier alpha value is -1.74. The van der Waals surface area contributed by atoms with Crippen molar-refractivity contribution in [3.8, 4) is 0 Å². The summed E-state index contributed by atoms with van der Waals surface area (Å²) in [5.41, 5.74) is 4.45. The second-order valence-electron chi connectivity index (χ2n) is 5.25. The molecule has 0 saturated heterocycles. The number of benzene rings is 2. The van der Waals surface area contributed by atoms with Gasteiger partial charge in [0.15, 0.2) is 0 Å². The molecule has 0 radical (unpaired) electrons. The average molecular weight is 299 g/mol. The maximum atomic E-state index is 12.2. The summed E-state index contributed by atoms with van der Waals surface area (Å²) >= 11 is 1.65. The first-order valence-corrected chi connectivity index (χ1v) is 8.15. The fraction of sp³-hybridized carbons (Fsp3) is 0.278. The summed E-state index contributed by atoms with van der Waals surface area (Å²) in [6, 6.07) is 16.3. The molecule has 2 aromatic rings. The minimum Gasteiger partial charge on any atom is -0.325 e. The van der Waals surface area contributed by atoms with Crippen LogP contribution in [0.5, 0.6) is 0 Å². The highest BCUT2D eigenvalue weighted by molar-refractivity contribution is 7.99. The maximum absolute atomic E-state index is 12.2. The van der Waals surface area contributed by atoms with Crippen LogP contribution in [-0.2, 0) is 10.5 Å². The van der Waals surface area contributed by atoms with Gasteiger partial charge in [-0.1, -0.05) is 48.0 Å². The molecule has 0 fully saturated rings. The van der Waals surface area contributed by atoms with Gasteiger partial charge in [-0.15, -0.1) is 11.8 Å². The quantitative estimate of drug-likeness (QED) is 0.876. The number of carbonyl (C=O) groups excluding carboxylic acids is 1. The number of carbonyl (C=O) groups is 1. The standard InChI is InChI=1S/C18H21NOS/c1-13-9-10-17(14(2)11-13)19-18(20)15(3)21-12-16-7-5-4-6-8-16/h4-11,15H,12H2,1-3H3,(H,19,20)/t15-/m1/s1. The van der Waals surface area contributed by atoms with Crippen LogP contribution >= 0.6 is 11.8 Å². The smallest absolute Gasteiger partial charge is 0.237 e. The van der Waals surface area contributed by atoms with E-state index in [1.165, 1.54) is 11.1 Å². The Morgan fingerprint density at radius 2 is 1.86 bits per heavy atom. The number of nitrogens with one attached hydrogen (secondary N) is 1. The van der Waals surface area contributed by atoms with E-state index in [2.05, 4.69) is 30.4 Å². The molecular formula is C18H21NOS. The van der Waals surface area contributed by atoms with Crippen LogP contribution in [0.2, 0.25) is 0 Å². The summed E-state index contributed by atoms with van der Waals surface area (Å²) in [5, 5.41) is 2.94. The highest BCUT2D eigenvalue weighted by Gasteiger charge is 2.14. The van der Waals surface area contributed by atoms with Crippen molar-refractivity contribution in [3.63, 3.8) is 0 Å². The third-order valence-corrected chi connectivity index (χ3v) is 4.57. The molecule has 1 amide bonds. The maximum Gasteiger partial charge on any atom is 0.237 e. The van der Waals surface area contributed by atoms with Gasteiger partial charge in [0, 0.05) is 11.4 Å². The molecule has 0 heterocycles. The van der Waals surface area contributed by atoms with E-state index in [4.69, 9.17) is 0 Å². The molecule has 0 aromatic heterocycles. The zero-order valence-electron chi connectivity index (χ0n) is 12.7. The van der Waals surface area contributed by atoms with E-state index in [-0.39, 0.29) is 11.2 Å². The molecule has 0 bridgehead atoms. The van der Waals surface area contributed by atoms with E-state index in [0.717, 1.165) is 17.0 Å². The third kappa shape index (κ3) is 4.64. The zero-order valence-corrected chi connectivity index (χ0v) is 13.5. The Balaban J connectivity index is 1.90. The van der Waals surface area contributed by atoms with Crippen molar-refractivity contribution in [1.82, 2.24) is 0 Å². The largest absolute Gasteiger partial charge is 0.325 e. The molecule has 1 atom stereocenters. The molecule has 0 aliphatic rings. The van der Waals surface area contributed by atoms with Crippen molar-refractivity contribution in [2.45, 2.75) is 31.8 Å². The zero-order chi connectivity index (χ0) is 15.2. The Morgan fingerprint density at radius 1 is 1.14 bits per heavy atom. The Bertz CT molecular complexity index is 610. The highest BCUT2D eigenvalue weighted by Crippen LogP contribution is 2.21. The Labute approximate surface area is 131 Å². The first-order chi connectivity index (χ1) is 10.1. The van der Waals surface area contributed by atoms with Crippen molar-refractivity contribution in [2.75, 3.05) is 5.32 Å². The predicted octanol–water partition coefficient (Wildman–Crippen LogP) is 4.56. The van der Waals surface area contributed by atoms with Crippen LogP contribution in [0, 0.1) is 13.8 Å². The molecule has 0 spiro atoms. The van der Waals surface area contributed by atoms with E-state index >= 15 is 0 Å². The van der Waals surface area contributed by atoms with E-state index in [0.29, 0.717) is 0 Å². The van der Waals surface area contributed by atoms with E-state index in [9.17, 15) is 4.79 Å². The summed E-state index contributed by atoms with van der Waals surface area (Å²) in [4.78, 5) is 12.2. The summed E-state index contributed by atoms with van der Waals surface area (Å²) < 4.78 is 0. The van der Waals surface area contributed by atoms with Gasteiger partial charge in [-0.25, -0.2) is 0 Å². The third-order valence-electron chi connectivity index (χ3n) is 3.35. The number of hydrogen-bond donors (Lipinski definition) is 1. The lowest BCUT2D eigenvalue weighted by molar-refractivity contribution is -0.115. The van der Waals surface area contributed by atoms with Gasteiger partial charge < -0.3 is 5.32 Å². The van der Waals surface area contributed by atoms with Crippen LogP contribution in [0.25, 0.3) is 0 Å². The average Bonchev–Trinajstić information content (AvgIpc) is 2.48. The number of amides is 1. The van der Waals surface area contributed by atoms with Crippen molar-refractivity contribution in [2.24, 2.45) is 0 Å². The monoisotopic (exact) mass is 299 g/mol. The molecule has 0 unspecified atom stereocenters. The van der Waals surface area contributed by atoms with E-state index < -0.39 is 0 Å². The lowest BCUT2D eigenvalue weighted by Gasteiger charge is -2.14. The van der Waals surface area contributed by atoms with Crippen LogP contribution in [-0.4, -0.2) is 11.2 Å². The van der Waals surface area contributed by atoms with Gasteiger partial charge in [-0.3, -0.25) is 4.79 Å². The SMILES string of the molecule is Cc1ccc(NC(=O)[C@@H](C)SCc2ccccc2)c(C)c1. The number of thioether (sulfide) groups is 1. The molecule has 0 saturated carbocycles. The van der Waals surface area contributed by atoms with Crippen LogP contribution in [0.3, 0.4) is 0 Å². The van der Waals surface area contributed by atoms with Gasteiger partial charge in [-0.05, 0) is 38.0 Å². The number of aryl methyl sites for hydroxylation is 2. The second-order valence-corrected chi connectivity index (χ2v) is 6.58. The minimum atomic E-state index is -0.0779. The minimum absolute atomic E-state index is 0.0582. The number of hydrogen-bond acceptors (Lipinski definition) is 2. The van der Waals surface area contributed by atoms with Crippen LogP contribution in [0.15, 0.2) is 48.5 Å². The fourth-order valence-electron chi connectivity index (χ4n) is 2.06. The van der Waals surface area contributed by atoms with E-state index in [1.54, 1.807) is 11.8 Å². The fourth-order valence-corrected chi connectivity index (χ4v) is 2.90. The second kappa shape index (κ2) is 7.32. The summed E-state index contributed by atoms with van der Waals surface area (Å²) in [7, 11) is 0. The molecular weight excluding hydrogens is 278 g/mol. The van der Waals surface area contributed by atoms with Gasteiger partial charge in [0.2, 0.25) is 5.91 Å². The number of rotatable bonds is 5. The van der Waals surface area contributed by atoms with Gasteiger partial charge >= 0.3 is 0 Å². The lowest BCUT2D eigenvalue weighted by atomic mass is 10.1. The molecule has 0 aliphatic carbocycles. The topological polar surface area (TPSA) is 29.1 Å². The van der Waals surface area contributed by atoms with Gasteiger partial charge in [0.05, 0.1) is 5.25 Å². The molecule has 1 N–H and O–H groups in total. The van der Waals surface area contributed by atoms with Crippen LogP contribution < -0.4 is 5.32 Å². The van der Waals surface area contributed by atoms with Gasteiger partial charge in [0.25, 0.3) is 0 Å². The van der Waals surface area contributed by atoms with Gasteiger partial charge in [0.1, 0.15) is 0 Å². The first-order valence-electron chi connectivity index (χ1n) is 7.10. The van der Waals surface area contributed by atoms with E-state index in [1.807, 2.05) is 44.2 Å². The van der Waals surface area contributed by atoms with Crippen molar-refractivity contribution in [3.05, 3.63) is 65.2 Å². The molecule has 0 aliphatic heterocycles. The van der Waals surface area contributed by atoms with Gasteiger partial charge in [-0.2, -0.15) is 0 Å². The Morgan fingerprint density at radius 3 is 2.52 bits per heavy atom. The van der Waals surface area contributed by atoms with Crippen molar-refractivity contribution >= 4 is 23.4 Å². The summed E-state index contributed by atoms with van der Waals surface area (Å²) in [5.74, 6) is 0.908. The summed E-state index contributed by atoms with van der Waals surface area (Å²) in [6.07, 6.45) is 0. The Kier molecular flexibility index (Phi) is 5.45. The van der Waals surface area contributed by atoms with Crippen LogP contribution in [0.1, 0.15) is 23.6 Å². The lowest BCUT2D eigenvalue weighted by Crippen LogP contribution is -2.23. The van der Waals surface area contributed by atoms with Crippen molar-refractivity contribution < 1.29 is 4.79 Å². The molecule has 110 valence electrons. The normalized spacial score (nSPS) is 12.0.